The van der Waals surface area contributed by atoms with Gasteiger partial charge in [-0.2, -0.15) is 0 Å². The Morgan fingerprint density at radius 1 is 1.13 bits per heavy atom. The van der Waals surface area contributed by atoms with Crippen molar-refractivity contribution in [3.8, 4) is 0 Å². The summed E-state index contributed by atoms with van der Waals surface area (Å²) in [7, 11) is 0. The molecule has 9 nitrogen and oxygen atoms in total. The number of imide groups is 1. The van der Waals surface area contributed by atoms with Crippen molar-refractivity contribution in [1.82, 2.24) is 15.5 Å². The van der Waals surface area contributed by atoms with Crippen molar-refractivity contribution >= 4 is 29.3 Å². The molecule has 2 saturated heterocycles. The van der Waals surface area contributed by atoms with Crippen LogP contribution in [0.3, 0.4) is 0 Å². The lowest BCUT2D eigenvalue weighted by atomic mass is 9.72. The van der Waals surface area contributed by atoms with E-state index in [-0.39, 0.29) is 11.8 Å². The molecule has 9 heteroatoms. The van der Waals surface area contributed by atoms with E-state index in [9.17, 15) is 19.2 Å². The summed E-state index contributed by atoms with van der Waals surface area (Å²) in [6.07, 6.45) is 2.07. The molecule has 0 spiro atoms. The fourth-order valence-electron chi connectivity index (χ4n) is 4.04. The highest BCUT2D eigenvalue weighted by atomic mass is 16.5. The van der Waals surface area contributed by atoms with Gasteiger partial charge < -0.3 is 15.4 Å². The number of hydrogen-bond acceptors (Lipinski definition) is 6. The Kier molecular flexibility index (Phi) is 7.75. The molecule has 3 rings (SSSR count). The zero-order valence-corrected chi connectivity index (χ0v) is 17.9. The summed E-state index contributed by atoms with van der Waals surface area (Å²) in [4.78, 5) is 50.4. The lowest BCUT2D eigenvalue weighted by Gasteiger charge is -2.35. The molecule has 31 heavy (non-hydrogen) atoms. The van der Waals surface area contributed by atoms with Gasteiger partial charge in [-0.05, 0) is 43.5 Å². The number of ether oxygens (including phenoxy) is 1. The Morgan fingerprint density at radius 3 is 2.48 bits per heavy atom. The van der Waals surface area contributed by atoms with Crippen LogP contribution in [0.5, 0.6) is 0 Å². The minimum atomic E-state index is -0.756. The number of nitrogens with one attached hydrogen (secondary N) is 3. The quantitative estimate of drug-likeness (QED) is 0.330. The Labute approximate surface area is 181 Å². The zero-order valence-electron chi connectivity index (χ0n) is 17.9. The number of rotatable bonds is 7. The van der Waals surface area contributed by atoms with Gasteiger partial charge in [-0.15, -0.1) is 0 Å². The van der Waals surface area contributed by atoms with Crippen molar-refractivity contribution in [2.24, 2.45) is 0 Å². The van der Waals surface area contributed by atoms with Crippen LogP contribution in [0.4, 0.5) is 5.69 Å². The topological polar surface area (TPSA) is 117 Å². The number of benzene rings is 1. The molecule has 0 bridgehead atoms. The SMILES string of the molecule is CCC1(c2ccc(NC(=O)C(=O)NCCCN3CCOCC3)cc2)CCC(=O)NC1=O. The number of anilines is 1. The van der Waals surface area contributed by atoms with Crippen LogP contribution in [0, 0.1) is 0 Å². The van der Waals surface area contributed by atoms with Crippen molar-refractivity contribution in [2.75, 3.05) is 44.7 Å². The van der Waals surface area contributed by atoms with Crippen molar-refractivity contribution in [2.45, 2.75) is 38.0 Å². The first-order chi connectivity index (χ1) is 14.9. The van der Waals surface area contributed by atoms with Crippen LogP contribution in [-0.2, 0) is 29.3 Å². The predicted octanol–water partition coefficient (Wildman–Crippen LogP) is 0.548. The van der Waals surface area contributed by atoms with Crippen molar-refractivity contribution < 1.29 is 23.9 Å². The maximum atomic E-state index is 12.5. The normalized spacial score (nSPS) is 22.0. The number of piperidine rings is 1. The van der Waals surface area contributed by atoms with Crippen LogP contribution >= 0.6 is 0 Å². The fraction of sp³-hybridized carbons (Fsp3) is 0.545. The average molecular weight is 431 g/mol. The van der Waals surface area contributed by atoms with Crippen LogP contribution in [0.25, 0.3) is 0 Å². The molecular weight excluding hydrogens is 400 g/mol. The summed E-state index contributed by atoms with van der Waals surface area (Å²) in [6, 6.07) is 6.85. The summed E-state index contributed by atoms with van der Waals surface area (Å²) in [6.45, 7) is 6.43. The molecule has 3 N–H and O–H groups in total. The molecule has 2 aliphatic rings. The molecule has 168 valence electrons. The number of hydrogen-bond donors (Lipinski definition) is 3. The molecule has 0 aromatic heterocycles. The Morgan fingerprint density at radius 2 is 1.84 bits per heavy atom. The third-order valence-electron chi connectivity index (χ3n) is 6.01. The molecule has 0 aliphatic carbocycles. The second-order valence-corrected chi connectivity index (χ2v) is 7.91. The van der Waals surface area contributed by atoms with Gasteiger partial charge in [-0.25, -0.2) is 0 Å². The van der Waals surface area contributed by atoms with E-state index in [4.69, 9.17) is 4.74 Å². The lowest BCUT2D eigenvalue weighted by Crippen LogP contribution is -2.51. The standard InChI is InChI=1S/C22H30N4O5/c1-2-22(9-8-18(27)25-21(22)30)16-4-6-17(7-5-16)24-20(29)19(28)23-10-3-11-26-12-14-31-15-13-26/h4-7H,2-3,8-15H2,1H3,(H,23,28)(H,24,29)(H,25,27,30). The maximum absolute atomic E-state index is 12.5. The van der Waals surface area contributed by atoms with E-state index in [1.54, 1.807) is 24.3 Å². The highest BCUT2D eigenvalue weighted by Gasteiger charge is 2.42. The molecule has 0 radical (unpaired) electrons. The van der Waals surface area contributed by atoms with Gasteiger partial charge in [-0.3, -0.25) is 29.4 Å². The third kappa shape index (κ3) is 5.68. The first kappa shape index (κ1) is 22.9. The van der Waals surface area contributed by atoms with E-state index < -0.39 is 17.2 Å². The monoisotopic (exact) mass is 430 g/mol. The molecule has 2 aliphatic heterocycles. The van der Waals surface area contributed by atoms with E-state index in [1.807, 2.05) is 6.92 Å². The molecule has 1 aromatic carbocycles. The van der Waals surface area contributed by atoms with Crippen LogP contribution in [0.15, 0.2) is 24.3 Å². The summed E-state index contributed by atoms with van der Waals surface area (Å²) in [5, 5.41) is 7.63. The van der Waals surface area contributed by atoms with Gasteiger partial charge in [0.15, 0.2) is 0 Å². The highest BCUT2D eigenvalue weighted by Crippen LogP contribution is 2.36. The van der Waals surface area contributed by atoms with Gasteiger partial charge in [-0.1, -0.05) is 19.1 Å². The van der Waals surface area contributed by atoms with E-state index in [0.29, 0.717) is 31.5 Å². The van der Waals surface area contributed by atoms with Crippen LogP contribution in [0.2, 0.25) is 0 Å². The number of morpholine rings is 1. The zero-order chi connectivity index (χ0) is 22.3. The summed E-state index contributed by atoms with van der Waals surface area (Å²) < 4.78 is 5.30. The molecule has 4 amide bonds. The average Bonchev–Trinajstić information content (AvgIpc) is 2.78. The van der Waals surface area contributed by atoms with Gasteiger partial charge in [0.25, 0.3) is 0 Å². The molecule has 2 heterocycles. The van der Waals surface area contributed by atoms with E-state index >= 15 is 0 Å². The number of amides is 4. The third-order valence-corrected chi connectivity index (χ3v) is 6.01. The van der Waals surface area contributed by atoms with Crippen LogP contribution in [-0.4, -0.2) is 67.9 Å². The van der Waals surface area contributed by atoms with Crippen molar-refractivity contribution in [1.29, 1.82) is 0 Å². The molecule has 0 saturated carbocycles. The Bertz CT molecular complexity index is 820. The number of carbonyl (C=O) groups excluding carboxylic acids is 4. The van der Waals surface area contributed by atoms with E-state index in [2.05, 4.69) is 20.9 Å². The van der Waals surface area contributed by atoms with Crippen molar-refractivity contribution in [3.63, 3.8) is 0 Å². The number of nitrogens with zero attached hydrogens (tertiary/aromatic N) is 1. The smallest absolute Gasteiger partial charge is 0.313 e. The maximum Gasteiger partial charge on any atom is 0.313 e. The minimum Gasteiger partial charge on any atom is -0.379 e. The van der Waals surface area contributed by atoms with Gasteiger partial charge in [0, 0.05) is 31.7 Å². The van der Waals surface area contributed by atoms with Gasteiger partial charge in [0.2, 0.25) is 11.8 Å². The predicted molar refractivity (Wildman–Crippen MR) is 114 cm³/mol. The first-order valence-corrected chi connectivity index (χ1v) is 10.8. The summed E-state index contributed by atoms with van der Waals surface area (Å²) >= 11 is 0. The summed E-state index contributed by atoms with van der Waals surface area (Å²) in [5.74, 6) is -1.96. The fourth-order valence-corrected chi connectivity index (χ4v) is 4.04. The van der Waals surface area contributed by atoms with Crippen LogP contribution in [0.1, 0.15) is 38.2 Å². The molecular formula is C22H30N4O5. The van der Waals surface area contributed by atoms with Gasteiger partial charge in [0.1, 0.15) is 0 Å². The lowest BCUT2D eigenvalue weighted by molar-refractivity contribution is -0.138. The van der Waals surface area contributed by atoms with Crippen molar-refractivity contribution in [3.05, 3.63) is 29.8 Å². The van der Waals surface area contributed by atoms with E-state index in [1.165, 1.54) is 0 Å². The Balaban J connectivity index is 1.48. The highest BCUT2D eigenvalue weighted by molar-refractivity contribution is 6.39. The number of carbonyl (C=O) groups is 4. The summed E-state index contributed by atoms with van der Waals surface area (Å²) in [5.41, 5.74) is 0.496. The molecule has 2 fully saturated rings. The molecule has 1 atom stereocenters. The van der Waals surface area contributed by atoms with E-state index in [0.717, 1.165) is 44.8 Å². The Hall–Kier alpha value is -2.78. The van der Waals surface area contributed by atoms with Gasteiger partial charge >= 0.3 is 11.8 Å². The molecule has 1 aromatic rings. The second kappa shape index (κ2) is 10.5. The van der Waals surface area contributed by atoms with Crippen LogP contribution < -0.4 is 16.0 Å². The molecule has 1 unspecified atom stereocenters. The largest absolute Gasteiger partial charge is 0.379 e. The minimum absolute atomic E-state index is 0.256. The van der Waals surface area contributed by atoms with Gasteiger partial charge in [0.05, 0.1) is 18.6 Å². The second-order valence-electron chi connectivity index (χ2n) is 7.91. The first-order valence-electron chi connectivity index (χ1n) is 10.8.